The zero-order valence-corrected chi connectivity index (χ0v) is 13.1. The second-order valence-electron chi connectivity index (χ2n) is 4.77. The number of ether oxygens (including phenoxy) is 1. The first-order valence-corrected chi connectivity index (χ1v) is 7.24. The first-order chi connectivity index (χ1) is 9.52. The van der Waals surface area contributed by atoms with Crippen LogP contribution in [0.2, 0.25) is 0 Å². The Kier molecular flexibility index (Phi) is 4.65. The Bertz CT molecular complexity index is 533. The van der Waals surface area contributed by atoms with Gasteiger partial charge in [0.15, 0.2) is 0 Å². The molecule has 20 heavy (non-hydrogen) atoms. The Morgan fingerprint density at radius 2 is 2.20 bits per heavy atom. The van der Waals surface area contributed by atoms with Gasteiger partial charge in [0.1, 0.15) is 6.04 Å². The number of anilines is 1. The van der Waals surface area contributed by atoms with Crippen LogP contribution in [-0.2, 0) is 9.53 Å². The maximum Gasteiger partial charge on any atom is 0.410 e. The minimum atomic E-state index is -0.456. The molecule has 1 atom stereocenters. The molecule has 0 radical (unpaired) electrons. The average Bonchev–Trinajstić information content (AvgIpc) is 2.91. The molecule has 1 fully saturated rings. The van der Waals surface area contributed by atoms with Gasteiger partial charge in [-0.3, -0.25) is 9.69 Å². The second kappa shape index (κ2) is 6.26. The molecule has 0 spiro atoms. The molecule has 1 aliphatic rings. The van der Waals surface area contributed by atoms with E-state index in [0.717, 1.165) is 16.5 Å². The molecule has 1 aromatic carbocycles. The number of carbonyl (C=O) groups is 2. The van der Waals surface area contributed by atoms with Crippen molar-refractivity contribution in [3.05, 3.63) is 28.2 Å². The van der Waals surface area contributed by atoms with Crippen LogP contribution < -0.4 is 5.32 Å². The third-order valence-electron chi connectivity index (χ3n) is 3.40. The molecule has 1 N–H and O–H groups in total. The van der Waals surface area contributed by atoms with Gasteiger partial charge in [0, 0.05) is 16.7 Å². The quantitative estimate of drug-likeness (QED) is 0.900. The first-order valence-electron chi connectivity index (χ1n) is 6.44. The minimum absolute atomic E-state index is 0.177. The summed E-state index contributed by atoms with van der Waals surface area (Å²) in [6, 6.07) is 5.16. The molecule has 0 aromatic heterocycles. The van der Waals surface area contributed by atoms with E-state index >= 15 is 0 Å². The predicted octanol–water partition coefficient (Wildman–Crippen LogP) is 2.93. The number of likely N-dealkylation sites (tertiary alicyclic amines) is 1. The number of hydrogen-bond donors (Lipinski definition) is 1. The van der Waals surface area contributed by atoms with Crippen molar-refractivity contribution in [1.82, 2.24) is 4.90 Å². The molecule has 0 bridgehead atoms. The van der Waals surface area contributed by atoms with Gasteiger partial charge in [-0.1, -0.05) is 22.0 Å². The molecule has 2 rings (SSSR count). The third-order valence-corrected chi connectivity index (χ3v) is 4.26. The number of halogens is 1. The summed E-state index contributed by atoms with van der Waals surface area (Å²) in [5.41, 5.74) is 1.81. The Morgan fingerprint density at radius 1 is 1.45 bits per heavy atom. The molecular weight excluding hydrogens is 324 g/mol. The van der Waals surface area contributed by atoms with Gasteiger partial charge in [-0.25, -0.2) is 4.79 Å². The van der Waals surface area contributed by atoms with Crippen LogP contribution in [0.25, 0.3) is 0 Å². The van der Waals surface area contributed by atoms with Gasteiger partial charge in [0.05, 0.1) is 7.11 Å². The van der Waals surface area contributed by atoms with Gasteiger partial charge in [-0.05, 0) is 37.5 Å². The molecule has 6 heteroatoms. The summed E-state index contributed by atoms with van der Waals surface area (Å²) < 4.78 is 5.64. The molecule has 0 aliphatic carbocycles. The van der Waals surface area contributed by atoms with E-state index in [1.807, 2.05) is 25.1 Å². The van der Waals surface area contributed by atoms with E-state index in [1.54, 1.807) is 0 Å². The summed E-state index contributed by atoms with van der Waals surface area (Å²) in [4.78, 5) is 25.3. The number of nitrogens with zero attached hydrogens (tertiary/aromatic N) is 1. The fourth-order valence-electron chi connectivity index (χ4n) is 2.27. The molecule has 5 nitrogen and oxygen atoms in total. The Labute approximate surface area is 126 Å². The van der Waals surface area contributed by atoms with Crippen molar-refractivity contribution >= 4 is 33.6 Å². The van der Waals surface area contributed by atoms with Crippen LogP contribution in [0.3, 0.4) is 0 Å². The van der Waals surface area contributed by atoms with Gasteiger partial charge in [-0.15, -0.1) is 0 Å². The summed E-state index contributed by atoms with van der Waals surface area (Å²) in [6.07, 6.45) is 1.02. The molecule has 1 saturated heterocycles. The van der Waals surface area contributed by atoms with E-state index < -0.39 is 12.1 Å². The molecule has 1 aromatic rings. The molecule has 2 amide bonds. The molecule has 1 unspecified atom stereocenters. The normalized spacial score (nSPS) is 17.9. The number of carbonyl (C=O) groups excluding carboxylic acids is 2. The lowest BCUT2D eigenvalue weighted by Gasteiger charge is -2.22. The predicted molar refractivity (Wildman–Crippen MR) is 79.6 cm³/mol. The number of nitrogens with one attached hydrogen (secondary N) is 1. The topological polar surface area (TPSA) is 58.6 Å². The van der Waals surface area contributed by atoms with Crippen molar-refractivity contribution in [2.75, 3.05) is 19.0 Å². The largest absolute Gasteiger partial charge is 0.453 e. The summed E-state index contributed by atoms with van der Waals surface area (Å²) in [5, 5.41) is 2.84. The monoisotopic (exact) mass is 340 g/mol. The van der Waals surface area contributed by atoms with E-state index in [2.05, 4.69) is 21.2 Å². The van der Waals surface area contributed by atoms with Crippen molar-refractivity contribution in [1.29, 1.82) is 0 Å². The molecule has 1 heterocycles. The van der Waals surface area contributed by atoms with E-state index in [1.165, 1.54) is 12.0 Å². The number of rotatable bonds is 2. The third kappa shape index (κ3) is 3.12. The lowest BCUT2D eigenvalue weighted by Crippen LogP contribution is -2.43. The zero-order chi connectivity index (χ0) is 14.7. The van der Waals surface area contributed by atoms with Crippen molar-refractivity contribution in [2.45, 2.75) is 25.8 Å². The van der Waals surface area contributed by atoms with Crippen LogP contribution in [0.4, 0.5) is 10.5 Å². The number of benzene rings is 1. The van der Waals surface area contributed by atoms with Gasteiger partial charge >= 0.3 is 6.09 Å². The van der Waals surface area contributed by atoms with Gasteiger partial charge in [0.2, 0.25) is 5.91 Å². The number of aryl methyl sites for hydroxylation is 1. The summed E-state index contributed by atoms with van der Waals surface area (Å²) in [5.74, 6) is -0.177. The molecule has 108 valence electrons. The smallest absolute Gasteiger partial charge is 0.410 e. The van der Waals surface area contributed by atoms with Gasteiger partial charge < -0.3 is 10.1 Å². The van der Waals surface area contributed by atoms with Crippen molar-refractivity contribution in [2.24, 2.45) is 0 Å². The van der Waals surface area contributed by atoms with Crippen LogP contribution in [-0.4, -0.2) is 36.6 Å². The van der Waals surface area contributed by atoms with E-state index in [-0.39, 0.29) is 5.91 Å². The fraction of sp³-hybridized carbons (Fsp3) is 0.429. The average molecular weight is 341 g/mol. The van der Waals surface area contributed by atoms with Crippen molar-refractivity contribution < 1.29 is 14.3 Å². The highest BCUT2D eigenvalue weighted by Crippen LogP contribution is 2.23. The van der Waals surface area contributed by atoms with Crippen LogP contribution in [0.5, 0.6) is 0 Å². The molecule has 1 aliphatic heterocycles. The standard InChI is InChI=1S/C14H17BrN2O3/c1-9-5-6-10(8-11(9)15)16-13(18)12-4-3-7-17(12)14(19)20-2/h5-6,8,12H,3-4,7H2,1-2H3,(H,16,18). The van der Waals surface area contributed by atoms with Crippen molar-refractivity contribution in [3.63, 3.8) is 0 Å². The summed E-state index contributed by atoms with van der Waals surface area (Å²) in [7, 11) is 1.33. The minimum Gasteiger partial charge on any atom is -0.453 e. The highest BCUT2D eigenvalue weighted by Gasteiger charge is 2.34. The van der Waals surface area contributed by atoms with Gasteiger partial charge in [0.25, 0.3) is 0 Å². The second-order valence-corrected chi connectivity index (χ2v) is 5.63. The lowest BCUT2D eigenvalue weighted by molar-refractivity contribution is -0.119. The van der Waals surface area contributed by atoms with Crippen LogP contribution >= 0.6 is 15.9 Å². The molecule has 0 saturated carbocycles. The fourth-order valence-corrected chi connectivity index (χ4v) is 2.65. The number of amides is 2. The van der Waals surface area contributed by atoms with E-state index in [4.69, 9.17) is 4.74 Å². The van der Waals surface area contributed by atoms with Gasteiger partial charge in [-0.2, -0.15) is 0 Å². The van der Waals surface area contributed by atoms with Crippen LogP contribution in [0.1, 0.15) is 18.4 Å². The number of methoxy groups -OCH3 is 1. The first kappa shape index (κ1) is 14.8. The Hall–Kier alpha value is -1.56. The van der Waals surface area contributed by atoms with Crippen molar-refractivity contribution in [3.8, 4) is 0 Å². The van der Waals surface area contributed by atoms with Crippen LogP contribution in [0, 0.1) is 6.92 Å². The lowest BCUT2D eigenvalue weighted by atomic mass is 10.2. The maximum absolute atomic E-state index is 12.3. The SMILES string of the molecule is COC(=O)N1CCCC1C(=O)Nc1ccc(C)c(Br)c1. The highest BCUT2D eigenvalue weighted by molar-refractivity contribution is 9.10. The summed E-state index contributed by atoms with van der Waals surface area (Å²) >= 11 is 3.43. The van der Waals surface area contributed by atoms with Crippen LogP contribution in [0.15, 0.2) is 22.7 Å². The highest BCUT2D eigenvalue weighted by atomic mass is 79.9. The van der Waals surface area contributed by atoms with E-state index in [0.29, 0.717) is 18.7 Å². The number of hydrogen-bond acceptors (Lipinski definition) is 3. The summed E-state index contributed by atoms with van der Waals surface area (Å²) in [6.45, 7) is 2.54. The zero-order valence-electron chi connectivity index (χ0n) is 11.5. The van der Waals surface area contributed by atoms with E-state index in [9.17, 15) is 9.59 Å². The molecular formula is C14H17BrN2O3. The Morgan fingerprint density at radius 3 is 2.85 bits per heavy atom. The Balaban J connectivity index is 2.07. The maximum atomic E-state index is 12.3.